The molecule has 1 aliphatic carbocycles. The number of aliphatic hydroxyl groups is 1. The zero-order chi connectivity index (χ0) is 10.4. The molecule has 1 fully saturated rings. The van der Waals surface area contributed by atoms with Crippen molar-refractivity contribution in [3.05, 3.63) is 0 Å². The fourth-order valence-electron chi connectivity index (χ4n) is 1.66. The van der Waals surface area contributed by atoms with Gasteiger partial charge in [-0.3, -0.25) is 0 Å². The van der Waals surface area contributed by atoms with Crippen molar-refractivity contribution in [1.82, 2.24) is 10.2 Å². The molecule has 0 radical (unpaired) electrons. The first-order chi connectivity index (χ1) is 6.77. The molecule has 0 amide bonds. The summed E-state index contributed by atoms with van der Waals surface area (Å²) in [5.41, 5.74) is 0. The Balaban J connectivity index is 2.06. The lowest BCUT2D eigenvalue weighted by Crippen LogP contribution is -2.36. The molecule has 14 heavy (non-hydrogen) atoms. The molecule has 0 bridgehead atoms. The highest BCUT2D eigenvalue weighted by Crippen LogP contribution is 2.25. The fraction of sp³-hybridized carbons (Fsp3) is 1.00. The van der Waals surface area contributed by atoms with Crippen LogP contribution in [0.3, 0.4) is 0 Å². The maximum Gasteiger partial charge on any atom is 0.0585 e. The van der Waals surface area contributed by atoms with Crippen LogP contribution in [0.4, 0.5) is 0 Å². The highest BCUT2D eigenvalue weighted by molar-refractivity contribution is 4.83. The molecule has 0 aromatic carbocycles. The molecule has 1 rings (SSSR count). The Kier molecular flexibility index (Phi) is 5.45. The lowest BCUT2D eigenvalue weighted by atomic mass is 10.2. The van der Waals surface area contributed by atoms with Crippen LogP contribution in [-0.2, 0) is 0 Å². The minimum absolute atomic E-state index is 0.262. The van der Waals surface area contributed by atoms with Crippen molar-refractivity contribution in [2.75, 3.05) is 26.7 Å². The third-order valence-corrected chi connectivity index (χ3v) is 2.90. The van der Waals surface area contributed by atoms with Gasteiger partial charge < -0.3 is 15.3 Å². The molecular formula is C11H24N2O. The Morgan fingerprint density at radius 1 is 1.50 bits per heavy atom. The fourth-order valence-corrected chi connectivity index (χ4v) is 1.66. The number of hydrogen-bond acceptors (Lipinski definition) is 3. The van der Waals surface area contributed by atoms with Crippen LogP contribution in [0, 0.1) is 0 Å². The second kappa shape index (κ2) is 6.38. The normalized spacial score (nSPS) is 18.9. The van der Waals surface area contributed by atoms with Crippen molar-refractivity contribution in [2.45, 2.75) is 44.7 Å². The van der Waals surface area contributed by atoms with Crippen molar-refractivity contribution in [3.8, 4) is 0 Å². The molecule has 1 atom stereocenters. The lowest BCUT2D eigenvalue weighted by Gasteiger charge is -2.20. The maximum absolute atomic E-state index is 9.14. The average molecular weight is 200 g/mol. The minimum Gasteiger partial charge on any atom is -0.395 e. The number of aliphatic hydroxyl groups excluding tert-OH is 1. The molecule has 0 saturated heterocycles. The predicted molar refractivity (Wildman–Crippen MR) is 59.4 cm³/mol. The van der Waals surface area contributed by atoms with Gasteiger partial charge in [0.1, 0.15) is 0 Å². The van der Waals surface area contributed by atoms with Crippen LogP contribution >= 0.6 is 0 Å². The second-order valence-corrected chi connectivity index (χ2v) is 4.33. The van der Waals surface area contributed by atoms with Crippen LogP contribution in [0.5, 0.6) is 0 Å². The summed E-state index contributed by atoms with van der Waals surface area (Å²) in [5.74, 6) is 0. The van der Waals surface area contributed by atoms with Crippen LogP contribution in [0.25, 0.3) is 0 Å². The van der Waals surface area contributed by atoms with Gasteiger partial charge in [-0.05, 0) is 45.8 Å². The van der Waals surface area contributed by atoms with E-state index in [9.17, 15) is 0 Å². The number of hydrogen-bond donors (Lipinski definition) is 2. The molecule has 84 valence electrons. The van der Waals surface area contributed by atoms with E-state index < -0.39 is 0 Å². The molecule has 3 heteroatoms. The zero-order valence-corrected chi connectivity index (χ0v) is 9.50. The van der Waals surface area contributed by atoms with Gasteiger partial charge in [0.25, 0.3) is 0 Å². The van der Waals surface area contributed by atoms with Crippen molar-refractivity contribution in [2.24, 2.45) is 0 Å². The summed E-state index contributed by atoms with van der Waals surface area (Å²) in [7, 11) is 2.19. The van der Waals surface area contributed by atoms with E-state index in [2.05, 4.69) is 24.2 Å². The highest BCUT2D eigenvalue weighted by Gasteiger charge is 2.25. The van der Waals surface area contributed by atoms with Gasteiger partial charge in [-0.15, -0.1) is 0 Å². The minimum atomic E-state index is 0.262. The molecule has 3 nitrogen and oxygen atoms in total. The number of rotatable bonds is 8. The molecule has 0 aromatic heterocycles. The van der Waals surface area contributed by atoms with Crippen LogP contribution < -0.4 is 5.32 Å². The molecule has 0 aliphatic heterocycles. The van der Waals surface area contributed by atoms with Crippen LogP contribution in [0.15, 0.2) is 0 Å². The van der Waals surface area contributed by atoms with Gasteiger partial charge in [-0.2, -0.15) is 0 Å². The van der Waals surface area contributed by atoms with Crippen LogP contribution in [0.2, 0.25) is 0 Å². The standard InChI is InChI=1S/C11H24N2O/c1-3-7-12-10(9-14)6-8-13(2)11-4-5-11/h10-12,14H,3-9H2,1-2H3. The van der Waals surface area contributed by atoms with E-state index in [1.807, 2.05) is 0 Å². The monoisotopic (exact) mass is 200 g/mol. The first kappa shape index (κ1) is 12.0. The first-order valence-corrected chi connectivity index (χ1v) is 5.82. The summed E-state index contributed by atoms with van der Waals surface area (Å²) in [6, 6.07) is 1.12. The molecule has 0 aromatic rings. The van der Waals surface area contributed by atoms with Crippen molar-refractivity contribution < 1.29 is 5.11 Å². The molecule has 0 heterocycles. The third-order valence-electron chi connectivity index (χ3n) is 2.90. The summed E-state index contributed by atoms with van der Waals surface area (Å²) in [6.45, 7) is 4.53. The summed E-state index contributed by atoms with van der Waals surface area (Å²) in [5, 5.41) is 12.5. The van der Waals surface area contributed by atoms with E-state index in [-0.39, 0.29) is 12.6 Å². The van der Waals surface area contributed by atoms with Crippen molar-refractivity contribution >= 4 is 0 Å². The maximum atomic E-state index is 9.14. The van der Waals surface area contributed by atoms with E-state index in [0.29, 0.717) is 0 Å². The van der Waals surface area contributed by atoms with Gasteiger partial charge in [0, 0.05) is 12.1 Å². The predicted octanol–water partition coefficient (Wildman–Crippen LogP) is 0.831. The van der Waals surface area contributed by atoms with Gasteiger partial charge in [0.05, 0.1) is 6.61 Å². The Labute approximate surface area is 87.5 Å². The molecule has 0 spiro atoms. The summed E-state index contributed by atoms with van der Waals surface area (Å²) >= 11 is 0. The van der Waals surface area contributed by atoms with E-state index >= 15 is 0 Å². The largest absolute Gasteiger partial charge is 0.395 e. The topological polar surface area (TPSA) is 35.5 Å². The summed E-state index contributed by atoms with van der Waals surface area (Å²) in [6.07, 6.45) is 4.92. The summed E-state index contributed by atoms with van der Waals surface area (Å²) in [4.78, 5) is 2.41. The lowest BCUT2D eigenvalue weighted by molar-refractivity contribution is 0.215. The van der Waals surface area contributed by atoms with Gasteiger partial charge >= 0.3 is 0 Å². The third kappa shape index (κ3) is 4.40. The Hall–Kier alpha value is -0.120. The smallest absolute Gasteiger partial charge is 0.0585 e. The summed E-state index contributed by atoms with van der Waals surface area (Å²) < 4.78 is 0. The van der Waals surface area contributed by atoms with Gasteiger partial charge in [0.15, 0.2) is 0 Å². The first-order valence-electron chi connectivity index (χ1n) is 5.82. The number of nitrogens with one attached hydrogen (secondary N) is 1. The van der Waals surface area contributed by atoms with Crippen molar-refractivity contribution in [3.63, 3.8) is 0 Å². The van der Waals surface area contributed by atoms with Gasteiger partial charge in [0.2, 0.25) is 0 Å². The molecule has 1 saturated carbocycles. The van der Waals surface area contributed by atoms with E-state index in [1.165, 1.54) is 12.8 Å². The van der Waals surface area contributed by atoms with E-state index in [4.69, 9.17) is 5.11 Å². The van der Waals surface area contributed by atoms with Crippen LogP contribution in [-0.4, -0.2) is 48.8 Å². The van der Waals surface area contributed by atoms with Crippen molar-refractivity contribution in [1.29, 1.82) is 0 Å². The Morgan fingerprint density at radius 3 is 2.71 bits per heavy atom. The van der Waals surface area contributed by atoms with Crippen LogP contribution in [0.1, 0.15) is 32.6 Å². The SMILES string of the molecule is CCCNC(CO)CCN(C)C1CC1. The Bertz CT molecular complexity index is 148. The van der Waals surface area contributed by atoms with Gasteiger partial charge in [-0.25, -0.2) is 0 Å². The molecular weight excluding hydrogens is 176 g/mol. The van der Waals surface area contributed by atoms with E-state index in [1.54, 1.807) is 0 Å². The average Bonchev–Trinajstić information content (AvgIpc) is 3.01. The Morgan fingerprint density at radius 2 is 2.21 bits per heavy atom. The highest BCUT2D eigenvalue weighted by atomic mass is 16.3. The van der Waals surface area contributed by atoms with E-state index in [0.717, 1.165) is 32.0 Å². The second-order valence-electron chi connectivity index (χ2n) is 4.33. The zero-order valence-electron chi connectivity index (χ0n) is 9.50. The quantitative estimate of drug-likeness (QED) is 0.609. The number of nitrogens with zero attached hydrogens (tertiary/aromatic N) is 1. The molecule has 1 aliphatic rings. The molecule has 2 N–H and O–H groups in total. The van der Waals surface area contributed by atoms with Gasteiger partial charge in [-0.1, -0.05) is 6.92 Å². The molecule has 1 unspecified atom stereocenters.